The van der Waals surface area contributed by atoms with Crippen LogP contribution in [0.1, 0.15) is 336 Å². The molecule has 0 aliphatic heterocycles. The van der Waals surface area contributed by atoms with E-state index in [1.807, 2.05) is 0 Å². The van der Waals surface area contributed by atoms with Gasteiger partial charge in [0.25, 0.3) is 0 Å². The molecule has 0 aromatic heterocycles. The first-order valence-electron chi connectivity index (χ1n) is 40.1. The van der Waals surface area contributed by atoms with Crippen molar-refractivity contribution in [2.45, 2.75) is 354 Å². The van der Waals surface area contributed by atoms with Crippen molar-refractivity contribution in [3.8, 4) is 0 Å². The molecule has 3 N–H and O–H groups in total. The predicted molar refractivity (Wildman–Crippen MR) is 418 cm³/mol. The number of phosphoric ester groups is 2. The van der Waals surface area contributed by atoms with Gasteiger partial charge in [-0.25, -0.2) is 9.13 Å². The largest absolute Gasteiger partial charge is 0.472 e. The molecule has 0 rings (SSSR count). The Bertz CT molecular complexity index is 2360. The molecule has 0 heterocycles. The number of hydrogen-bond acceptors (Lipinski definition) is 15. The topological polar surface area (TPSA) is 237 Å². The molecule has 0 aromatic carbocycles. The lowest BCUT2D eigenvalue weighted by Gasteiger charge is -2.21. The zero-order chi connectivity index (χ0) is 74.6. The van der Waals surface area contributed by atoms with Gasteiger partial charge >= 0.3 is 39.5 Å². The number of aliphatic hydroxyl groups excluding tert-OH is 1. The van der Waals surface area contributed by atoms with Gasteiger partial charge in [0.05, 0.1) is 26.4 Å². The van der Waals surface area contributed by atoms with Crippen molar-refractivity contribution >= 4 is 39.5 Å². The van der Waals surface area contributed by atoms with Gasteiger partial charge < -0.3 is 33.8 Å². The molecule has 0 spiro atoms. The standard InChI is InChI=1S/C83H144O17P2/c1-5-9-13-17-21-25-29-33-36-37-38-39-42-45-48-52-56-60-64-68-81(86)94-74-79(100-83(88)70-66-62-58-54-50-46-41-35-31-27-23-19-15-11-7-3)76-98-102(91,92)96-72-77(84)71-95-101(89,90)97-75-78(99-82(87)69-65-61-57-53-49-43-32-28-24-20-16-12-8-4)73-93-80(85)67-63-59-55-51-47-44-40-34-30-26-22-18-14-10-6-2/h9,13,21-22,25-26,28,32-36,38-41,45,48,77-79,84H,5-8,10-12,14-20,23-24,27,29-31,37,42-44,46-47,49-76H2,1-4H3,(H,89,90)(H,91,92)/b13-9-,25-21-,26-22-,32-28-,36-33-,39-38-,40-34-,41-35-,48-45-. The third-order valence-electron chi connectivity index (χ3n) is 16.7. The molecule has 0 aliphatic carbocycles. The summed E-state index contributed by atoms with van der Waals surface area (Å²) in [5.41, 5.74) is 0. The number of esters is 4. The minimum Gasteiger partial charge on any atom is -0.462 e. The molecule has 0 saturated heterocycles. The van der Waals surface area contributed by atoms with E-state index in [9.17, 15) is 43.2 Å². The Hall–Kier alpha value is -4.28. The maximum atomic E-state index is 13.1. The number of rotatable bonds is 75. The van der Waals surface area contributed by atoms with Gasteiger partial charge in [0.2, 0.25) is 0 Å². The molecule has 0 amide bonds. The van der Waals surface area contributed by atoms with Gasteiger partial charge in [-0.15, -0.1) is 0 Å². The summed E-state index contributed by atoms with van der Waals surface area (Å²) in [5.74, 6) is -2.23. The number of ether oxygens (including phenoxy) is 4. The van der Waals surface area contributed by atoms with Crippen LogP contribution in [0.3, 0.4) is 0 Å². The lowest BCUT2D eigenvalue weighted by atomic mass is 10.1. The maximum absolute atomic E-state index is 13.1. The molecule has 0 fully saturated rings. The summed E-state index contributed by atoms with van der Waals surface area (Å²) in [6.45, 7) is 4.67. The fourth-order valence-electron chi connectivity index (χ4n) is 10.6. The lowest BCUT2D eigenvalue weighted by molar-refractivity contribution is -0.161. The van der Waals surface area contributed by atoms with Gasteiger partial charge in [-0.3, -0.25) is 37.3 Å². The number of aliphatic hydroxyl groups is 1. The summed E-state index contributed by atoms with van der Waals surface area (Å²) in [4.78, 5) is 73.0. The minimum atomic E-state index is -4.99. The third kappa shape index (κ3) is 74.0. The molecular weight excluding hydrogens is 1330 g/mol. The van der Waals surface area contributed by atoms with E-state index in [-0.39, 0.29) is 25.7 Å². The van der Waals surface area contributed by atoms with Crippen LogP contribution >= 0.6 is 15.6 Å². The molecule has 19 heteroatoms. The first-order valence-corrected chi connectivity index (χ1v) is 43.1. The molecular formula is C83H144O17P2. The van der Waals surface area contributed by atoms with E-state index >= 15 is 0 Å². The third-order valence-corrected chi connectivity index (χ3v) is 18.6. The summed E-state index contributed by atoms with van der Waals surface area (Å²) in [7, 11) is -9.97. The van der Waals surface area contributed by atoms with Crippen molar-refractivity contribution in [2.75, 3.05) is 39.6 Å². The van der Waals surface area contributed by atoms with Crippen LogP contribution in [0.2, 0.25) is 0 Å². The average Bonchev–Trinajstić information content (AvgIpc) is 0.924. The Balaban J connectivity index is 5.39. The van der Waals surface area contributed by atoms with Crippen molar-refractivity contribution in [3.63, 3.8) is 0 Å². The fraction of sp³-hybridized carbons (Fsp3) is 0.735. The number of unbranched alkanes of at least 4 members (excludes halogenated alkanes) is 31. The molecule has 5 unspecified atom stereocenters. The van der Waals surface area contributed by atoms with Crippen LogP contribution in [0.5, 0.6) is 0 Å². The Kier molecular flexibility index (Phi) is 71.8. The molecule has 5 atom stereocenters. The molecule has 588 valence electrons. The smallest absolute Gasteiger partial charge is 0.462 e. The highest BCUT2D eigenvalue weighted by Crippen LogP contribution is 2.45. The SMILES string of the molecule is CC/C=C\C/C=C\C/C=C\C/C=C\C/C=C\CCCCCC(=O)OCC(COP(=O)(O)OCC(O)COP(=O)(O)OCC(COC(=O)CCCCCCC/C=C\C/C=C\CCCCC)OC(=O)CCCCCCC/C=C\CCCCCC)OC(=O)CCCCCCC/C=C\CCCCCCCC. The Labute approximate surface area is 619 Å². The summed E-state index contributed by atoms with van der Waals surface area (Å²) < 4.78 is 68.6. The van der Waals surface area contributed by atoms with Crippen molar-refractivity contribution in [2.24, 2.45) is 0 Å². The average molecular weight is 1480 g/mol. The molecule has 0 aromatic rings. The summed E-state index contributed by atoms with van der Waals surface area (Å²) in [6.07, 6.45) is 80.6. The quantitative estimate of drug-likeness (QED) is 0.0169. The highest BCUT2D eigenvalue weighted by Gasteiger charge is 2.30. The van der Waals surface area contributed by atoms with Crippen LogP contribution in [0.25, 0.3) is 0 Å². The van der Waals surface area contributed by atoms with Gasteiger partial charge in [0.1, 0.15) is 19.3 Å². The van der Waals surface area contributed by atoms with E-state index in [4.69, 9.17) is 37.0 Å². The Morgan fingerprint density at radius 3 is 0.833 bits per heavy atom. The summed E-state index contributed by atoms with van der Waals surface area (Å²) in [5, 5.41) is 10.6. The van der Waals surface area contributed by atoms with Crippen LogP contribution < -0.4 is 0 Å². The second-order valence-corrected chi connectivity index (χ2v) is 29.5. The van der Waals surface area contributed by atoms with Gasteiger partial charge in [0, 0.05) is 25.7 Å². The van der Waals surface area contributed by atoms with E-state index < -0.39 is 97.5 Å². The van der Waals surface area contributed by atoms with Crippen molar-refractivity contribution in [3.05, 3.63) is 109 Å². The van der Waals surface area contributed by atoms with E-state index in [0.29, 0.717) is 25.7 Å². The number of hydrogen-bond donors (Lipinski definition) is 3. The normalized spacial score (nSPS) is 14.5. The van der Waals surface area contributed by atoms with E-state index in [1.54, 1.807) is 0 Å². The first kappa shape index (κ1) is 97.7. The highest BCUT2D eigenvalue weighted by atomic mass is 31.2. The van der Waals surface area contributed by atoms with Crippen LogP contribution in [0.15, 0.2) is 109 Å². The van der Waals surface area contributed by atoms with Gasteiger partial charge in [0.15, 0.2) is 12.2 Å². The molecule has 102 heavy (non-hydrogen) atoms. The molecule has 17 nitrogen and oxygen atoms in total. The Morgan fingerprint density at radius 1 is 0.284 bits per heavy atom. The number of carbonyl (C=O) groups excluding carboxylic acids is 4. The number of phosphoric acid groups is 2. The lowest BCUT2D eigenvalue weighted by Crippen LogP contribution is -2.30. The van der Waals surface area contributed by atoms with E-state index in [1.165, 1.54) is 83.5 Å². The minimum absolute atomic E-state index is 0.0763. The molecule has 0 radical (unpaired) electrons. The molecule has 0 saturated carbocycles. The van der Waals surface area contributed by atoms with E-state index in [0.717, 1.165) is 173 Å². The van der Waals surface area contributed by atoms with E-state index in [2.05, 4.69) is 137 Å². The van der Waals surface area contributed by atoms with Gasteiger partial charge in [-0.05, 0) is 154 Å². The summed E-state index contributed by atoms with van der Waals surface area (Å²) >= 11 is 0. The predicted octanol–water partition coefficient (Wildman–Crippen LogP) is 23.3. The maximum Gasteiger partial charge on any atom is 0.472 e. The van der Waals surface area contributed by atoms with Crippen molar-refractivity contribution in [1.82, 2.24) is 0 Å². The van der Waals surface area contributed by atoms with Gasteiger partial charge in [-0.2, -0.15) is 0 Å². The molecule has 0 bridgehead atoms. The first-order chi connectivity index (χ1) is 49.7. The number of carbonyl (C=O) groups is 4. The molecule has 0 aliphatic rings. The van der Waals surface area contributed by atoms with Gasteiger partial charge in [-0.1, -0.05) is 265 Å². The monoisotopic (exact) mass is 1470 g/mol. The van der Waals surface area contributed by atoms with Crippen LogP contribution in [0, 0.1) is 0 Å². The van der Waals surface area contributed by atoms with Crippen LogP contribution in [0.4, 0.5) is 0 Å². The zero-order valence-electron chi connectivity index (χ0n) is 64.3. The van der Waals surface area contributed by atoms with Crippen molar-refractivity contribution in [1.29, 1.82) is 0 Å². The fourth-order valence-corrected chi connectivity index (χ4v) is 12.1. The zero-order valence-corrected chi connectivity index (χ0v) is 66.0. The highest BCUT2D eigenvalue weighted by molar-refractivity contribution is 7.47. The summed E-state index contributed by atoms with van der Waals surface area (Å²) in [6, 6.07) is 0. The number of allylic oxidation sites excluding steroid dienone is 18. The second kappa shape index (κ2) is 75.0. The van der Waals surface area contributed by atoms with Crippen molar-refractivity contribution < 1.29 is 80.2 Å². The second-order valence-electron chi connectivity index (χ2n) is 26.6. The van der Waals surface area contributed by atoms with Crippen LogP contribution in [-0.2, 0) is 65.4 Å². The van der Waals surface area contributed by atoms with Crippen LogP contribution in [-0.4, -0.2) is 96.7 Å². The Morgan fingerprint density at radius 2 is 0.510 bits per heavy atom.